The van der Waals surface area contributed by atoms with Gasteiger partial charge in [-0.25, -0.2) is 0 Å². The maximum Gasteiger partial charge on any atom is 0.159 e. The van der Waals surface area contributed by atoms with Crippen LogP contribution in [0.25, 0.3) is 75.1 Å². The van der Waals surface area contributed by atoms with Crippen molar-refractivity contribution in [2.24, 2.45) is 0 Å². The summed E-state index contributed by atoms with van der Waals surface area (Å²) >= 11 is 1.86. The zero-order valence-corrected chi connectivity index (χ0v) is 27.3. The summed E-state index contributed by atoms with van der Waals surface area (Å²) in [5.41, 5.74) is 9.66. The number of furan rings is 1. The molecule has 0 bridgehead atoms. The van der Waals surface area contributed by atoms with Crippen LogP contribution in [0.2, 0.25) is 0 Å². The first-order valence-electron chi connectivity index (χ1n) is 16.6. The lowest BCUT2D eigenvalue weighted by Gasteiger charge is -2.27. The molecule has 8 aromatic carbocycles. The first-order valence-corrected chi connectivity index (χ1v) is 17.4. The Morgan fingerprint density at radius 1 is 0.408 bits per heavy atom. The number of anilines is 3. The molecule has 2 heterocycles. The number of hydrogen-bond donors (Lipinski definition) is 0. The number of rotatable bonds is 5. The van der Waals surface area contributed by atoms with E-state index in [0.29, 0.717) is 0 Å². The van der Waals surface area contributed by atoms with Crippen LogP contribution in [0.5, 0.6) is 0 Å². The summed E-state index contributed by atoms with van der Waals surface area (Å²) in [4.78, 5) is 2.35. The minimum absolute atomic E-state index is 0.872. The van der Waals surface area contributed by atoms with E-state index >= 15 is 0 Å². The molecule has 3 heteroatoms. The molecule has 0 fully saturated rings. The summed E-state index contributed by atoms with van der Waals surface area (Å²) in [6.45, 7) is 0. The zero-order chi connectivity index (χ0) is 32.3. The van der Waals surface area contributed by atoms with Crippen LogP contribution < -0.4 is 4.90 Å². The predicted molar refractivity (Wildman–Crippen MR) is 210 cm³/mol. The molecule has 10 aromatic rings. The standard InChI is InChI=1S/C46H29NOS/c1-2-12-31(13-3-1)40-29-35(24-25-36(40)33-22-26-45-41(28-33)38-16-7-9-20-44(38)49-45)47(34-23-21-30-11-4-5-14-32(30)27-34)42-18-10-17-39-37-15-6-8-19-43(37)48-46(39)42/h1-29H. The van der Waals surface area contributed by atoms with E-state index in [1.807, 2.05) is 17.4 Å². The highest BCUT2D eigenvalue weighted by Crippen LogP contribution is 2.46. The predicted octanol–water partition coefficient (Wildman–Crippen LogP) is 13.9. The normalized spacial score (nSPS) is 11.7. The van der Waals surface area contributed by atoms with Gasteiger partial charge in [-0.15, -0.1) is 11.3 Å². The largest absolute Gasteiger partial charge is 0.454 e. The number of fused-ring (bicyclic) bond motifs is 7. The van der Waals surface area contributed by atoms with Crippen molar-refractivity contribution in [1.29, 1.82) is 0 Å². The second-order valence-corrected chi connectivity index (χ2v) is 13.6. The van der Waals surface area contributed by atoms with Crippen LogP contribution in [0, 0.1) is 0 Å². The van der Waals surface area contributed by atoms with Crippen molar-refractivity contribution in [3.8, 4) is 22.3 Å². The van der Waals surface area contributed by atoms with Gasteiger partial charge in [-0.3, -0.25) is 0 Å². The van der Waals surface area contributed by atoms with Crippen molar-refractivity contribution < 1.29 is 4.42 Å². The van der Waals surface area contributed by atoms with Crippen molar-refractivity contribution in [2.45, 2.75) is 0 Å². The molecule has 0 amide bonds. The maximum absolute atomic E-state index is 6.63. The van der Waals surface area contributed by atoms with Crippen LogP contribution in [0.3, 0.4) is 0 Å². The molecule has 0 saturated heterocycles. The quantitative estimate of drug-likeness (QED) is 0.186. The van der Waals surface area contributed by atoms with E-state index < -0.39 is 0 Å². The van der Waals surface area contributed by atoms with Gasteiger partial charge in [0, 0.05) is 42.3 Å². The van der Waals surface area contributed by atoms with Crippen molar-refractivity contribution in [3.63, 3.8) is 0 Å². The van der Waals surface area contributed by atoms with Crippen LogP contribution in [0.4, 0.5) is 17.1 Å². The molecule has 0 saturated carbocycles. The lowest BCUT2D eigenvalue weighted by molar-refractivity contribution is 0.669. The van der Waals surface area contributed by atoms with Gasteiger partial charge in [0.1, 0.15) is 5.58 Å². The second-order valence-electron chi connectivity index (χ2n) is 12.5. The fraction of sp³-hybridized carbons (Fsp3) is 0. The molecular formula is C46H29NOS. The van der Waals surface area contributed by atoms with Crippen molar-refractivity contribution in [1.82, 2.24) is 0 Å². The molecule has 0 N–H and O–H groups in total. The molecular weight excluding hydrogens is 615 g/mol. The van der Waals surface area contributed by atoms with Crippen molar-refractivity contribution in [2.75, 3.05) is 4.90 Å². The first-order chi connectivity index (χ1) is 24.3. The molecule has 2 aromatic heterocycles. The highest BCUT2D eigenvalue weighted by atomic mass is 32.1. The van der Waals surface area contributed by atoms with Gasteiger partial charge in [0.05, 0.1) is 5.69 Å². The number of nitrogens with zero attached hydrogens (tertiary/aromatic N) is 1. The lowest BCUT2D eigenvalue weighted by atomic mass is 9.92. The molecule has 0 spiro atoms. The minimum Gasteiger partial charge on any atom is -0.454 e. The van der Waals surface area contributed by atoms with E-state index in [0.717, 1.165) is 39.0 Å². The number of benzene rings is 8. The highest BCUT2D eigenvalue weighted by Gasteiger charge is 2.21. The maximum atomic E-state index is 6.63. The van der Waals surface area contributed by atoms with Gasteiger partial charge in [-0.2, -0.15) is 0 Å². The summed E-state index contributed by atoms with van der Waals surface area (Å²) in [5.74, 6) is 0. The van der Waals surface area contributed by atoms with Crippen LogP contribution >= 0.6 is 11.3 Å². The average molecular weight is 644 g/mol. The van der Waals surface area contributed by atoms with Crippen molar-refractivity contribution in [3.05, 3.63) is 176 Å². The van der Waals surface area contributed by atoms with Gasteiger partial charge in [0.2, 0.25) is 0 Å². The van der Waals surface area contributed by atoms with E-state index in [9.17, 15) is 0 Å². The third-order valence-electron chi connectivity index (χ3n) is 9.65. The first kappa shape index (κ1) is 27.9. The average Bonchev–Trinajstić information content (AvgIpc) is 3.74. The summed E-state index contributed by atoms with van der Waals surface area (Å²) in [6, 6.07) is 63.3. The SMILES string of the molecule is c1ccc(-c2cc(N(c3ccc4ccccc4c3)c3cccc4c3oc3ccccc34)ccc2-c2ccc3sc4ccccc4c3c2)cc1. The number of thiophene rings is 1. The molecule has 0 aliphatic carbocycles. The van der Waals surface area contributed by atoms with Gasteiger partial charge in [-0.1, -0.05) is 121 Å². The molecule has 10 rings (SSSR count). The molecule has 0 atom stereocenters. The summed E-state index contributed by atoms with van der Waals surface area (Å²) < 4.78 is 9.26. The number of hydrogen-bond acceptors (Lipinski definition) is 3. The van der Waals surface area contributed by atoms with Gasteiger partial charge in [0.15, 0.2) is 5.58 Å². The second kappa shape index (κ2) is 11.2. The van der Waals surface area contributed by atoms with Gasteiger partial charge in [0.25, 0.3) is 0 Å². The Hall–Kier alpha value is -6.16. The fourth-order valence-electron chi connectivity index (χ4n) is 7.32. The van der Waals surface area contributed by atoms with Crippen LogP contribution in [0.1, 0.15) is 0 Å². The van der Waals surface area contributed by atoms with Gasteiger partial charge < -0.3 is 9.32 Å². The van der Waals surface area contributed by atoms with E-state index in [-0.39, 0.29) is 0 Å². The van der Waals surface area contributed by atoms with E-state index in [1.165, 1.54) is 53.2 Å². The van der Waals surface area contributed by atoms with Gasteiger partial charge in [-0.05, 0) is 87.6 Å². The fourth-order valence-corrected chi connectivity index (χ4v) is 8.41. The third-order valence-corrected chi connectivity index (χ3v) is 10.8. The van der Waals surface area contributed by atoms with Crippen LogP contribution in [-0.4, -0.2) is 0 Å². The van der Waals surface area contributed by atoms with Crippen LogP contribution in [0.15, 0.2) is 180 Å². The third kappa shape index (κ3) is 4.62. The van der Waals surface area contributed by atoms with Crippen molar-refractivity contribution >= 4 is 81.3 Å². The Kier molecular flexibility index (Phi) is 6.39. The lowest BCUT2D eigenvalue weighted by Crippen LogP contribution is -2.10. The molecule has 0 aliphatic heterocycles. The summed E-state index contributed by atoms with van der Waals surface area (Å²) in [5, 5.41) is 7.24. The molecule has 0 radical (unpaired) electrons. The summed E-state index contributed by atoms with van der Waals surface area (Å²) in [6.07, 6.45) is 0. The Bertz CT molecular complexity index is 2840. The van der Waals surface area contributed by atoms with Gasteiger partial charge >= 0.3 is 0 Å². The molecule has 0 aliphatic rings. The van der Waals surface area contributed by atoms with E-state index in [2.05, 4.69) is 175 Å². The Morgan fingerprint density at radius 2 is 1.12 bits per heavy atom. The molecule has 2 nitrogen and oxygen atoms in total. The summed E-state index contributed by atoms with van der Waals surface area (Å²) in [7, 11) is 0. The highest BCUT2D eigenvalue weighted by molar-refractivity contribution is 7.25. The zero-order valence-electron chi connectivity index (χ0n) is 26.5. The van der Waals surface area contributed by atoms with E-state index in [4.69, 9.17) is 4.42 Å². The molecule has 0 unspecified atom stereocenters. The number of para-hydroxylation sites is 2. The topological polar surface area (TPSA) is 16.4 Å². The molecule has 230 valence electrons. The molecule has 49 heavy (non-hydrogen) atoms. The monoisotopic (exact) mass is 643 g/mol. The smallest absolute Gasteiger partial charge is 0.159 e. The Morgan fingerprint density at radius 3 is 2.04 bits per heavy atom. The Balaban J connectivity index is 1.23. The minimum atomic E-state index is 0.872. The Labute approximate surface area is 287 Å². The van der Waals surface area contributed by atoms with E-state index in [1.54, 1.807) is 0 Å². The van der Waals surface area contributed by atoms with Crippen LogP contribution in [-0.2, 0) is 0 Å².